The second-order valence-corrected chi connectivity index (χ2v) is 8.31. The quantitative estimate of drug-likeness (QED) is 0.675. The van der Waals surface area contributed by atoms with Crippen molar-refractivity contribution in [3.63, 3.8) is 0 Å². The molecule has 2 aromatic carbocycles. The molecule has 0 aliphatic rings. The first-order valence-corrected chi connectivity index (χ1v) is 9.44. The molecular weight excluding hydrogens is 393 g/mol. The predicted molar refractivity (Wildman–Crippen MR) is 106 cm³/mol. The first kappa shape index (κ1) is 22.9. The van der Waals surface area contributed by atoms with Crippen LogP contribution in [0.3, 0.4) is 0 Å². The molecule has 0 atom stereocenters. The number of hydrogen-bond donors (Lipinski definition) is 3. The summed E-state index contributed by atoms with van der Waals surface area (Å²) in [6.45, 7) is 5.50. The smallest absolute Gasteiger partial charge is 0.261 e. The Kier molecular flexibility index (Phi) is 7.36. The Morgan fingerprint density at radius 3 is 2.30 bits per heavy atom. The van der Waals surface area contributed by atoms with Gasteiger partial charge in [-0.25, -0.2) is 12.8 Å². The minimum absolute atomic E-state index is 0. The second kappa shape index (κ2) is 8.69. The lowest BCUT2D eigenvalue weighted by molar-refractivity contribution is 0.0915. The van der Waals surface area contributed by atoms with E-state index in [1.165, 1.54) is 24.3 Å². The van der Waals surface area contributed by atoms with Crippen molar-refractivity contribution in [3.8, 4) is 0 Å². The molecule has 0 aliphatic carbocycles. The number of halogens is 2. The van der Waals surface area contributed by atoms with Crippen molar-refractivity contribution < 1.29 is 17.6 Å². The number of carbonyl (C=O) groups is 1. The summed E-state index contributed by atoms with van der Waals surface area (Å²) >= 11 is 0. The van der Waals surface area contributed by atoms with E-state index in [1.807, 2.05) is 0 Å². The van der Waals surface area contributed by atoms with E-state index in [2.05, 4.69) is 10.0 Å². The average molecular weight is 416 g/mol. The lowest BCUT2D eigenvalue weighted by atomic mass is 10.0. The summed E-state index contributed by atoms with van der Waals surface area (Å²) < 4.78 is 40.4. The average Bonchev–Trinajstić information content (AvgIpc) is 2.56. The van der Waals surface area contributed by atoms with E-state index in [0.717, 1.165) is 12.1 Å². The minimum atomic E-state index is -3.93. The zero-order valence-electron chi connectivity index (χ0n) is 15.2. The third kappa shape index (κ3) is 5.92. The fourth-order valence-electron chi connectivity index (χ4n) is 2.17. The predicted octanol–water partition coefficient (Wildman–Crippen LogP) is 2.82. The van der Waals surface area contributed by atoms with Crippen LogP contribution in [0.1, 0.15) is 29.8 Å². The number of anilines is 1. The number of amides is 1. The monoisotopic (exact) mass is 415 g/mol. The Labute approximate surface area is 164 Å². The van der Waals surface area contributed by atoms with Gasteiger partial charge in [0.15, 0.2) is 0 Å². The molecule has 0 fully saturated rings. The van der Waals surface area contributed by atoms with Crippen molar-refractivity contribution in [2.24, 2.45) is 5.73 Å². The molecule has 148 valence electrons. The Bertz CT molecular complexity index is 916. The van der Waals surface area contributed by atoms with Gasteiger partial charge in [-0.15, -0.1) is 12.4 Å². The summed E-state index contributed by atoms with van der Waals surface area (Å²) in [7, 11) is -3.93. The van der Waals surface area contributed by atoms with Crippen LogP contribution in [-0.2, 0) is 10.0 Å². The van der Waals surface area contributed by atoms with Crippen LogP contribution in [-0.4, -0.2) is 26.4 Å². The molecule has 0 unspecified atom stereocenters. The lowest BCUT2D eigenvalue weighted by Crippen LogP contribution is -2.49. The van der Waals surface area contributed by atoms with Crippen molar-refractivity contribution in [1.82, 2.24) is 5.32 Å². The minimum Gasteiger partial charge on any atom is -0.346 e. The van der Waals surface area contributed by atoms with Gasteiger partial charge in [0.25, 0.3) is 15.9 Å². The molecular formula is C18H23ClFN3O3S. The zero-order valence-corrected chi connectivity index (χ0v) is 16.9. The molecule has 6 nitrogen and oxygen atoms in total. The van der Waals surface area contributed by atoms with Crippen molar-refractivity contribution in [1.29, 1.82) is 0 Å². The molecule has 2 aromatic rings. The maximum Gasteiger partial charge on any atom is 0.261 e. The van der Waals surface area contributed by atoms with E-state index in [1.54, 1.807) is 26.8 Å². The zero-order chi connectivity index (χ0) is 19.5. The van der Waals surface area contributed by atoms with Gasteiger partial charge in [0.05, 0.1) is 4.90 Å². The van der Waals surface area contributed by atoms with Gasteiger partial charge in [0.1, 0.15) is 5.82 Å². The number of sulfonamides is 1. The second-order valence-electron chi connectivity index (χ2n) is 6.63. The van der Waals surface area contributed by atoms with Gasteiger partial charge in [-0.3, -0.25) is 9.52 Å². The molecule has 1 amide bonds. The fraction of sp³-hybridized carbons (Fsp3) is 0.278. The van der Waals surface area contributed by atoms with Crippen LogP contribution < -0.4 is 15.8 Å². The number of nitrogens with one attached hydrogen (secondary N) is 2. The van der Waals surface area contributed by atoms with Crippen molar-refractivity contribution in [2.75, 3.05) is 11.3 Å². The van der Waals surface area contributed by atoms with Gasteiger partial charge in [0.2, 0.25) is 0 Å². The topological polar surface area (TPSA) is 101 Å². The highest BCUT2D eigenvalue weighted by atomic mass is 35.5. The van der Waals surface area contributed by atoms with Crippen LogP contribution in [0, 0.1) is 12.7 Å². The van der Waals surface area contributed by atoms with Crippen LogP contribution in [0.4, 0.5) is 10.1 Å². The number of nitrogens with two attached hydrogens (primary N) is 1. The number of carbonyl (C=O) groups excluding carboxylic acids is 1. The molecule has 0 spiro atoms. The van der Waals surface area contributed by atoms with E-state index < -0.39 is 27.3 Å². The van der Waals surface area contributed by atoms with Gasteiger partial charge in [0, 0.05) is 23.3 Å². The van der Waals surface area contributed by atoms with Crippen molar-refractivity contribution in [2.45, 2.75) is 31.2 Å². The highest BCUT2D eigenvalue weighted by Crippen LogP contribution is 2.20. The Balaban J connectivity index is 0.00000364. The number of aryl methyl sites for hydroxylation is 1. The van der Waals surface area contributed by atoms with Gasteiger partial charge in [-0.1, -0.05) is 6.07 Å². The third-order valence-electron chi connectivity index (χ3n) is 3.82. The molecule has 0 heterocycles. The molecule has 27 heavy (non-hydrogen) atoms. The maximum absolute atomic E-state index is 13.0. The molecule has 0 bridgehead atoms. The molecule has 4 N–H and O–H groups in total. The van der Waals surface area contributed by atoms with E-state index >= 15 is 0 Å². The van der Waals surface area contributed by atoms with E-state index in [9.17, 15) is 17.6 Å². The largest absolute Gasteiger partial charge is 0.346 e. The molecule has 0 aromatic heterocycles. The Morgan fingerprint density at radius 1 is 1.15 bits per heavy atom. The molecule has 9 heteroatoms. The van der Waals surface area contributed by atoms with Gasteiger partial charge < -0.3 is 11.1 Å². The van der Waals surface area contributed by atoms with Crippen LogP contribution in [0.2, 0.25) is 0 Å². The van der Waals surface area contributed by atoms with Crippen molar-refractivity contribution in [3.05, 3.63) is 59.4 Å². The fourth-order valence-corrected chi connectivity index (χ4v) is 3.26. The summed E-state index contributed by atoms with van der Waals surface area (Å²) in [4.78, 5) is 12.4. The molecule has 2 rings (SSSR count). The summed E-state index contributed by atoms with van der Waals surface area (Å²) in [6.07, 6.45) is 0. The van der Waals surface area contributed by atoms with Crippen LogP contribution >= 0.6 is 12.4 Å². The summed E-state index contributed by atoms with van der Waals surface area (Å²) in [5, 5.41) is 2.78. The molecule has 0 aliphatic heterocycles. The summed E-state index contributed by atoms with van der Waals surface area (Å²) in [6, 6.07) is 9.22. The maximum atomic E-state index is 13.0. The highest BCUT2D eigenvalue weighted by Gasteiger charge is 2.22. The summed E-state index contributed by atoms with van der Waals surface area (Å²) in [5.41, 5.74) is 6.10. The van der Waals surface area contributed by atoms with Gasteiger partial charge >= 0.3 is 0 Å². The van der Waals surface area contributed by atoms with E-state index in [4.69, 9.17) is 5.73 Å². The molecule has 0 radical (unpaired) electrons. The lowest BCUT2D eigenvalue weighted by Gasteiger charge is -2.24. The van der Waals surface area contributed by atoms with Crippen LogP contribution in [0.15, 0.2) is 47.4 Å². The molecule has 0 saturated heterocycles. The first-order chi connectivity index (χ1) is 12.0. The van der Waals surface area contributed by atoms with Crippen molar-refractivity contribution >= 4 is 34.0 Å². The number of rotatable bonds is 6. The van der Waals surface area contributed by atoms with E-state index in [-0.39, 0.29) is 35.1 Å². The SMILES string of the molecule is Cc1ccc(S(=O)(=O)Nc2ccc(F)cc2)cc1C(=O)NC(C)(C)CN.Cl. The Morgan fingerprint density at radius 2 is 1.74 bits per heavy atom. The van der Waals surface area contributed by atoms with Crippen LogP contribution in [0.25, 0.3) is 0 Å². The highest BCUT2D eigenvalue weighted by molar-refractivity contribution is 7.92. The first-order valence-electron chi connectivity index (χ1n) is 7.96. The number of hydrogen-bond acceptors (Lipinski definition) is 4. The third-order valence-corrected chi connectivity index (χ3v) is 5.20. The van der Waals surface area contributed by atoms with Crippen LogP contribution in [0.5, 0.6) is 0 Å². The molecule has 0 saturated carbocycles. The normalized spacial score (nSPS) is 11.4. The standard InChI is InChI=1S/C18H22FN3O3S.ClH/c1-12-4-9-15(10-16(12)17(23)21-18(2,3)11-20)26(24,25)22-14-7-5-13(19)6-8-14;/h4-10,22H,11,20H2,1-3H3,(H,21,23);1H. The summed E-state index contributed by atoms with van der Waals surface area (Å²) in [5.74, 6) is -0.874. The van der Waals surface area contributed by atoms with Gasteiger partial charge in [-0.2, -0.15) is 0 Å². The number of benzene rings is 2. The van der Waals surface area contributed by atoms with E-state index in [0.29, 0.717) is 5.56 Å². The Hall–Kier alpha value is -2.16. The van der Waals surface area contributed by atoms with Gasteiger partial charge in [-0.05, 0) is 62.7 Å².